The molecule has 2 atom stereocenters. The van der Waals surface area contributed by atoms with Crippen LogP contribution < -0.4 is 5.32 Å². The highest BCUT2D eigenvalue weighted by molar-refractivity contribution is 4.95. The number of hydrogen-bond donors (Lipinski definition) is 2. The molecule has 82 valence electrons. The van der Waals surface area contributed by atoms with E-state index in [-0.39, 0.29) is 5.41 Å². The molecule has 2 rings (SSSR count). The Morgan fingerprint density at radius 2 is 2.14 bits per heavy atom. The molecule has 14 heavy (non-hydrogen) atoms. The molecule has 2 unspecified atom stereocenters. The molecule has 2 aliphatic rings. The lowest BCUT2D eigenvalue weighted by Gasteiger charge is -2.17. The van der Waals surface area contributed by atoms with Crippen LogP contribution in [0.25, 0.3) is 0 Å². The van der Waals surface area contributed by atoms with E-state index in [0.29, 0.717) is 6.61 Å². The lowest BCUT2D eigenvalue weighted by atomic mass is 10.0. The average molecular weight is 197 g/mol. The van der Waals surface area contributed by atoms with Gasteiger partial charge in [0.05, 0.1) is 0 Å². The third-order valence-electron chi connectivity index (χ3n) is 4.18. The SMILES string of the molecule is CCC1CCC(NCC2(CO)CC2)C1. The lowest BCUT2D eigenvalue weighted by molar-refractivity contribution is 0.203. The molecule has 2 heteroatoms. The monoisotopic (exact) mass is 197 g/mol. The van der Waals surface area contributed by atoms with Gasteiger partial charge in [-0.1, -0.05) is 13.3 Å². The van der Waals surface area contributed by atoms with E-state index < -0.39 is 0 Å². The van der Waals surface area contributed by atoms with E-state index in [0.717, 1.165) is 18.5 Å². The lowest BCUT2D eigenvalue weighted by Crippen LogP contribution is -2.33. The normalized spacial score (nSPS) is 34.7. The standard InChI is InChI=1S/C12H23NO/c1-2-10-3-4-11(7-10)13-8-12(9-14)5-6-12/h10-11,13-14H,2-9H2,1H3. The van der Waals surface area contributed by atoms with Crippen LogP contribution in [0.2, 0.25) is 0 Å². The summed E-state index contributed by atoms with van der Waals surface area (Å²) in [4.78, 5) is 0. The fraction of sp³-hybridized carbons (Fsp3) is 1.00. The number of rotatable bonds is 5. The van der Waals surface area contributed by atoms with Gasteiger partial charge >= 0.3 is 0 Å². The average Bonchev–Trinajstić information content (AvgIpc) is 2.86. The zero-order chi connectivity index (χ0) is 10.0. The van der Waals surface area contributed by atoms with E-state index >= 15 is 0 Å². The third-order valence-corrected chi connectivity index (χ3v) is 4.18. The highest BCUT2D eigenvalue weighted by Crippen LogP contribution is 2.44. The second-order valence-electron chi connectivity index (χ2n) is 5.32. The summed E-state index contributed by atoms with van der Waals surface area (Å²) in [5.74, 6) is 0.955. The smallest absolute Gasteiger partial charge is 0.0499 e. The predicted octanol–water partition coefficient (Wildman–Crippen LogP) is 1.93. The van der Waals surface area contributed by atoms with Gasteiger partial charge in [0.25, 0.3) is 0 Å². The van der Waals surface area contributed by atoms with E-state index in [9.17, 15) is 5.11 Å². The van der Waals surface area contributed by atoms with Crippen LogP contribution in [0.4, 0.5) is 0 Å². The molecule has 2 saturated carbocycles. The molecule has 0 bridgehead atoms. The number of aliphatic hydroxyl groups is 1. The zero-order valence-electron chi connectivity index (χ0n) is 9.26. The van der Waals surface area contributed by atoms with Crippen molar-refractivity contribution >= 4 is 0 Å². The van der Waals surface area contributed by atoms with E-state index in [4.69, 9.17) is 0 Å². The van der Waals surface area contributed by atoms with Crippen LogP contribution in [0, 0.1) is 11.3 Å². The Morgan fingerprint density at radius 1 is 1.36 bits per heavy atom. The Hall–Kier alpha value is -0.0800. The van der Waals surface area contributed by atoms with Crippen LogP contribution in [0.5, 0.6) is 0 Å². The molecule has 0 aromatic heterocycles. The van der Waals surface area contributed by atoms with Gasteiger partial charge in [0, 0.05) is 24.6 Å². The summed E-state index contributed by atoms with van der Waals surface area (Å²) in [5, 5.41) is 12.8. The number of nitrogens with one attached hydrogen (secondary N) is 1. The largest absolute Gasteiger partial charge is 0.396 e. The number of hydrogen-bond acceptors (Lipinski definition) is 2. The molecule has 0 heterocycles. The van der Waals surface area contributed by atoms with Crippen molar-refractivity contribution in [2.45, 2.75) is 51.5 Å². The second kappa shape index (κ2) is 4.19. The molecule has 2 N–H and O–H groups in total. The van der Waals surface area contributed by atoms with Crippen molar-refractivity contribution < 1.29 is 5.11 Å². The van der Waals surface area contributed by atoms with Crippen molar-refractivity contribution in [2.75, 3.05) is 13.2 Å². The summed E-state index contributed by atoms with van der Waals surface area (Å²) >= 11 is 0. The van der Waals surface area contributed by atoms with Gasteiger partial charge in [-0.15, -0.1) is 0 Å². The van der Waals surface area contributed by atoms with Crippen molar-refractivity contribution in [3.05, 3.63) is 0 Å². The van der Waals surface area contributed by atoms with Gasteiger partial charge in [0.2, 0.25) is 0 Å². The predicted molar refractivity (Wildman–Crippen MR) is 58.2 cm³/mol. The molecule has 2 nitrogen and oxygen atoms in total. The van der Waals surface area contributed by atoms with Crippen LogP contribution in [-0.2, 0) is 0 Å². The summed E-state index contributed by atoms with van der Waals surface area (Å²) < 4.78 is 0. The maximum absolute atomic E-state index is 9.19. The van der Waals surface area contributed by atoms with Crippen molar-refractivity contribution in [1.82, 2.24) is 5.32 Å². The van der Waals surface area contributed by atoms with Gasteiger partial charge in [0.15, 0.2) is 0 Å². The molecule has 2 fully saturated rings. The molecule has 0 spiro atoms. The Balaban J connectivity index is 1.67. The van der Waals surface area contributed by atoms with E-state index in [1.165, 1.54) is 38.5 Å². The molecular formula is C12H23NO. The minimum atomic E-state index is 0.282. The first kappa shape index (κ1) is 10.4. The minimum Gasteiger partial charge on any atom is -0.396 e. The van der Waals surface area contributed by atoms with Crippen molar-refractivity contribution in [3.8, 4) is 0 Å². The van der Waals surface area contributed by atoms with Crippen molar-refractivity contribution in [3.63, 3.8) is 0 Å². The first-order chi connectivity index (χ1) is 6.78. The molecule has 0 aromatic carbocycles. The first-order valence-electron chi connectivity index (χ1n) is 6.12. The molecular weight excluding hydrogens is 174 g/mol. The van der Waals surface area contributed by atoms with E-state index in [1.54, 1.807) is 0 Å². The molecule has 0 aliphatic heterocycles. The minimum absolute atomic E-state index is 0.282. The van der Waals surface area contributed by atoms with Crippen LogP contribution in [-0.4, -0.2) is 24.3 Å². The van der Waals surface area contributed by atoms with Gasteiger partial charge in [-0.25, -0.2) is 0 Å². The molecule has 2 aliphatic carbocycles. The van der Waals surface area contributed by atoms with Gasteiger partial charge in [-0.2, -0.15) is 0 Å². The highest BCUT2D eigenvalue weighted by Gasteiger charge is 2.42. The summed E-state index contributed by atoms with van der Waals surface area (Å²) in [7, 11) is 0. The Bertz CT molecular complexity index is 189. The Kier molecular flexibility index (Phi) is 3.13. The fourth-order valence-electron chi connectivity index (χ4n) is 2.56. The Morgan fingerprint density at radius 3 is 2.64 bits per heavy atom. The van der Waals surface area contributed by atoms with Gasteiger partial charge in [-0.05, 0) is 38.0 Å². The van der Waals surface area contributed by atoms with Crippen molar-refractivity contribution in [1.29, 1.82) is 0 Å². The van der Waals surface area contributed by atoms with Crippen LogP contribution >= 0.6 is 0 Å². The zero-order valence-corrected chi connectivity index (χ0v) is 9.26. The third kappa shape index (κ3) is 2.29. The van der Waals surface area contributed by atoms with Crippen LogP contribution in [0.1, 0.15) is 45.4 Å². The van der Waals surface area contributed by atoms with E-state index in [1.807, 2.05) is 0 Å². The van der Waals surface area contributed by atoms with E-state index in [2.05, 4.69) is 12.2 Å². The maximum atomic E-state index is 9.19. The highest BCUT2D eigenvalue weighted by atomic mass is 16.3. The summed E-state index contributed by atoms with van der Waals surface area (Å²) in [6, 6.07) is 0.740. The first-order valence-corrected chi connectivity index (χ1v) is 6.12. The van der Waals surface area contributed by atoms with Crippen molar-refractivity contribution in [2.24, 2.45) is 11.3 Å². The van der Waals surface area contributed by atoms with Gasteiger partial charge in [-0.3, -0.25) is 0 Å². The van der Waals surface area contributed by atoms with Gasteiger partial charge < -0.3 is 10.4 Å². The van der Waals surface area contributed by atoms with Crippen LogP contribution in [0.3, 0.4) is 0 Å². The van der Waals surface area contributed by atoms with Gasteiger partial charge in [0.1, 0.15) is 0 Å². The maximum Gasteiger partial charge on any atom is 0.0499 e. The quantitative estimate of drug-likeness (QED) is 0.706. The molecule has 0 amide bonds. The molecule has 0 radical (unpaired) electrons. The summed E-state index contributed by atoms with van der Waals surface area (Å²) in [6.45, 7) is 3.72. The topological polar surface area (TPSA) is 32.3 Å². The summed E-state index contributed by atoms with van der Waals surface area (Å²) in [5.41, 5.74) is 0.282. The Labute approximate surface area is 87.1 Å². The molecule has 0 saturated heterocycles. The number of aliphatic hydroxyl groups excluding tert-OH is 1. The second-order valence-corrected chi connectivity index (χ2v) is 5.32. The molecule has 0 aromatic rings. The summed E-state index contributed by atoms with van der Waals surface area (Å²) in [6.07, 6.45) is 7.89. The van der Waals surface area contributed by atoms with Crippen LogP contribution in [0.15, 0.2) is 0 Å². The fourth-order valence-corrected chi connectivity index (χ4v) is 2.56.